The van der Waals surface area contributed by atoms with E-state index in [1.165, 1.54) is 15.6 Å². The largest absolute Gasteiger partial charge is 0.350 e. The fourth-order valence-electron chi connectivity index (χ4n) is 3.18. The number of benzene rings is 1. The van der Waals surface area contributed by atoms with Crippen LogP contribution in [0.4, 0.5) is 4.39 Å². The summed E-state index contributed by atoms with van der Waals surface area (Å²) in [7, 11) is 0. The number of fused-ring (bicyclic) bond motifs is 1. The summed E-state index contributed by atoms with van der Waals surface area (Å²) in [6, 6.07) is 6.27. The molecule has 2 amide bonds. The summed E-state index contributed by atoms with van der Waals surface area (Å²) in [6.45, 7) is -0.174. The molecule has 0 atom stereocenters. The zero-order valence-corrected chi connectivity index (χ0v) is 17.3. The van der Waals surface area contributed by atoms with E-state index < -0.39 is 5.82 Å². The first kappa shape index (κ1) is 20.6. The Morgan fingerprint density at radius 2 is 2.03 bits per heavy atom. The Balaban J connectivity index is 1.41. The monoisotopic (exact) mass is 449 g/mol. The predicted octanol–water partition coefficient (Wildman–Crippen LogP) is 3.18. The van der Waals surface area contributed by atoms with Gasteiger partial charge in [0.15, 0.2) is 5.65 Å². The van der Waals surface area contributed by atoms with E-state index in [2.05, 4.69) is 15.4 Å². The molecule has 1 aromatic carbocycles. The van der Waals surface area contributed by atoms with Crippen LogP contribution in [-0.4, -0.2) is 44.1 Å². The number of rotatable bonds is 7. The van der Waals surface area contributed by atoms with Crippen molar-refractivity contribution in [3.63, 3.8) is 0 Å². The molecule has 0 saturated heterocycles. The Morgan fingerprint density at radius 3 is 2.80 bits per heavy atom. The van der Waals surface area contributed by atoms with Gasteiger partial charge in [0.25, 0.3) is 0 Å². The van der Waals surface area contributed by atoms with Crippen LogP contribution in [0.25, 0.3) is 11.0 Å². The van der Waals surface area contributed by atoms with E-state index in [9.17, 15) is 14.0 Å². The third-order valence-corrected chi connectivity index (χ3v) is 5.52. The molecule has 3 aromatic rings. The summed E-state index contributed by atoms with van der Waals surface area (Å²) in [5.74, 6) is -1.18. The minimum Gasteiger partial charge on any atom is -0.350 e. The first-order valence-electron chi connectivity index (χ1n) is 9.39. The van der Waals surface area contributed by atoms with Crippen LogP contribution in [-0.2, 0) is 22.7 Å². The van der Waals surface area contributed by atoms with Crippen molar-refractivity contribution >= 4 is 46.0 Å². The van der Waals surface area contributed by atoms with Crippen molar-refractivity contribution in [3.05, 3.63) is 58.1 Å². The SMILES string of the molecule is O=C(CN(C(=O)Cn1ncc2c(Cl)ccnc21)C1CC1)NCc1cccc(Cl)c1F. The average molecular weight is 450 g/mol. The summed E-state index contributed by atoms with van der Waals surface area (Å²) >= 11 is 11.9. The van der Waals surface area contributed by atoms with Gasteiger partial charge in [-0.25, -0.2) is 14.1 Å². The van der Waals surface area contributed by atoms with Crippen molar-refractivity contribution in [2.45, 2.75) is 32.0 Å². The standard InChI is InChI=1S/C20H18Cl2FN5O2/c21-15-6-7-24-20-14(15)9-26-28(20)11-18(30)27(13-4-5-13)10-17(29)25-8-12-2-1-3-16(22)19(12)23/h1-3,6-7,9,13H,4-5,8,10-11H2,(H,25,29). The van der Waals surface area contributed by atoms with Crippen LogP contribution >= 0.6 is 23.2 Å². The first-order chi connectivity index (χ1) is 14.4. The second-order valence-electron chi connectivity index (χ2n) is 7.07. The van der Waals surface area contributed by atoms with Gasteiger partial charge in [-0.1, -0.05) is 35.3 Å². The van der Waals surface area contributed by atoms with E-state index in [1.54, 1.807) is 30.6 Å². The fraction of sp³-hybridized carbons (Fsp3) is 0.300. The molecule has 1 aliphatic rings. The number of pyridine rings is 1. The molecule has 4 rings (SSSR count). The van der Waals surface area contributed by atoms with Gasteiger partial charge < -0.3 is 10.2 Å². The maximum Gasteiger partial charge on any atom is 0.245 e. The second-order valence-corrected chi connectivity index (χ2v) is 7.89. The molecule has 156 valence electrons. The molecule has 2 heterocycles. The van der Waals surface area contributed by atoms with Gasteiger partial charge in [-0.05, 0) is 25.0 Å². The van der Waals surface area contributed by atoms with Crippen molar-refractivity contribution in [3.8, 4) is 0 Å². The van der Waals surface area contributed by atoms with E-state index in [1.807, 2.05) is 0 Å². The van der Waals surface area contributed by atoms with Gasteiger partial charge in [-0.2, -0.15) is 5.10 Å². The van der Waals surface area contributed by atoms with Gasteiger partial charge in [0, 0.05) is 24.3 Å². The molecule has 0 bridgehead atoms. The van der Waals surface area contributed by atoms with Crippen LogP contribution in [0.3, 0.4) is 0 Å². The van der Waals surface area contributed by atoms with Crippen molar-refractivity contribution in [1.29, 1.82) is 0 Å². The van der Waals surface area contributed by atoms with E-state index in [0.717, 1.165) is 12.8 Å². The first-order valence-corrected chi connectivity index (χ1v) is 10.1. The molecule has 1 saturated carbocycles. The average Bonchev–Trinajstić information content (AvgIpc) is 3.48. The number of amides is 2. The van der Waals surface area contributed by atoms with E-state index in [0.29, 0.717) is 16.1 Å². The molecule has 0 spiro atoms. The lowest BCUT2D eigenvalue weighted by atomic mass is 10.2. The summed E-state index contributed by atoms with van der Waals surface area (Å²) in [5.41, 5.74) is 0.790. The molecule has 1 fully saturated rings. The number of hydrogen-bond donors (Lipinski definition) is 1. The number of aromatic nitrogens is 3. The lowest BCUT2D eigenvalue weighted by Crippen LogP contribution is -2.43. The van der Waals surface area contributed by atoms with Gasteiger partial charge in [0.1, 0.15) is 12.4 Å². The lowest BCUT2D eigenvalue weighted by Gasteiger charge is -2.22. The number of nitrogens with one attached hydrogen (secondary N) is 1. The molecule has 30 heavy (non-hydrogen) atoms. The minimum atomic E-state index is -0.564. The Hall–Kier alpha value is -2.71. The van der Waals surface area contributed by atoms with Gasteiger partial charge in [-0.15, -0.1) is 0 Å². The number of nitrogens with zero attached hydrogens (tertiary/aromatic N) is 4. The Morgan fingerprint density at radius 1 is 1.23 bits per heavy atom. The molecule has 0 radical (unpaired) electrons. The molecular weight excluding hydrogens is 432 g/mol. The smallest absolute Gasteiger partial charge is 0.245 e. The Labute approximate surface area is 181 Å². The molecule has 1 aliphatic carbocycles. The molecule has 2 aromatic heterocycles. The zero-order chi connectivity index (χ0) is 21.3. The maximum absolute atomic E-state index is 14.0. The predicted molar refractivity (Wildman–Crippen MR) is 111 cm³/mol. The third kappa shape index (κ3) is 4.39. The Kier molecular flexibility index (Phi) is 5.87. The molecule has 1 N–H and O–H groups in total. The topological polar surface area (TPSA) is 80.1 Å². The molecule has 0 aliphatic heterocycles. The summed E-state index contributed by atoms with van der Waals surface area (Å²) in [4.78, 5) is 31.0. The Bertz CT molecular complexity index is 1120. The van der Waals surface area contributed by atoms with Crippen molar-refractivity contribution < 1.29 is 14.0 Å². The van der Waals surface area contributed by atoms with Gasteiger partial charge in [0.05, 0.1) is 28.2 Å². The van der Waals surface area contributed by atoms with Crippen LogP contribution in [0.2, 0.25) is 10.0 Å². The molecular formula is C20H18Cl2FN5O2. The fourth-order valence-corrected chi connectivity index (χ4v) is 3.56. The summed E-state index contributed by atoms with van der Waals surface area (Å²) < 4.78 is 15.4. The van der Waals surface area contributed by atoms with Crippen LogP contribution in [0.15, 0.2) is 36.7 Å². The van der Waals surface area contributed by atoms with Crippen LogP contribution in [0, 0.1) is 5.82 Å². The highest BCUT2D eigenvalue weighted by atomic mass is 35.5. The normalized spacial score (nSPS) is 13.4. The van der Waals surface area contributed by atoms with E-state index in [4.69, 9.17) is 23.2 Å². The third-order valence-electron chi connectivity index (χ3n) is 4.90. The number of carbonyl (C=O) groups excluding carboxylic acids is 2. The van der Waals surface area contributed by atoms with Crippen LogP contribution in [0.1, 0.15) is 18.4 Å². The van der Waals surface area contributed by atoms with Gasteiger partial charge in [-0.3, -0.25) is 9.59 Å². The zero-order valence-electron chi connectivity index (χ0n) is 15.8. The van der Waals surface area contributed by atoms with E-state index >= 15 is 0 Å². The number of halogens is 3. The lowest BCUT2D eigenvalue weighted by molar-refractivity contribution is -0.137. The maximum atomic E-state index is 14.0. The summed E-state index contributed by atoms with van der Waals surface area (Å²) in [5, 5.41) is 8.01. The van der Waals surface area contributed by atoms with Crippen LogP contribution in [0.5, 0.6) is 0 Å². The van der Waals surface area contributed by atoms with Gasteiger partial charge >= 0.3 is 0 Å². The number of carbonyl (C=O) groups is 2. The van der Waals surface area contributed by atoms with Gasteiger partial charge in [0.2, 0.25) is 11.8 Å². The van der Waals surface area contributed by atoms with Crippen molar-refractivity contribution in [2.24, 2.45) is 0 Å². The highest BCUT2D eigenvalue weighted by Crippen LogP contribution is 2.27. The molecule has 7 nitrogen and oxygen atoms in total. The van der Waals surface area contributed by atoms with E-state index in [-0.39, 0.29) is 48.1 Å². The van der Waals surface area contributed by atoms with Crippen molar-refractivity contribution in [2.75, 3.05) is 6.54 Å². The highest BCUT2D eigenvalue weighted by molar-refractivity contribution is 6.35. The second kappa shape index (κ2) is 8.57. The molecule has 0 unspecified atom stereocenters. The van der Waals surface area contributed by atoms with Crippen LogP contribution < -0.4 is 5.32 Å². The number of hydrogen-bond acceptors (Lipinski definition) is 4. The van der Waals surface area contributed by atoms with Crippen molar-refractivity contribution in [1.82, 2.24) is 25.0 Å². The quantitative estimate of drug-likeness (QED) is 0.600. The minimum absolute atomic E-state index is 0.00306. The summed E-state index contributed by atoms with van der Waals surface area (Å²) in [6.07, 6.45) is 4.79. The highest BCUT2D eigenvalue weighted by Gasteiger charge is 2.34. The molecule has 10 heteroatoms.